The van der Waals surface area contributed by atoms with Crippen LogP contribution in [0.15, 0.2) is 40.9 Å². The Morgan fingerprint density at radius 3 is 2.89 bits per heavy atom. The number of sulfonamides is 1. The first-order valence-corrected chi connectivity index (χ1v) is 10.5. The van der Waals surface area contributed by atoms with Gasteiger partial charge >= 0.3 is 0 Å². The van der Waals surface area contributed by atoms with Crippen molar-refractivity contribution in [3.63, 3.8) is 0 Å². The highest BCUT2D eigenvalue weighted by molar-refractivity contribution is 7.92. The normalized spacial score (nSPS) is 16.4. The standard InChI is InChI=1S/C17H19ClFN5O3S/c1-3-6-28(25,26)22-14-5-4-13(18)17(16(14)19)24-10-15(21-23-24)11-7-12(27-2)9-20-8-11/h4-5,7-9,15,22H,3,6,10H2,1-2H3. The molecule has 8 nitrogen and oxygen atoms in total. The van der Waals surface area contributed by atoms with Crippen LogP contribution in [0, 0.1) is 5.82 Å². The summed E-state index contributed by atoms with van der Waals surface area (Å²) < 4.78 is 46.4. The van der Waals surface area contributed by atoms with E-state index in [0.717, 1.165) is 5.56 Å². The van der Waals surface area contributed by atoms with Gasteiger partial charge in [-0.1, -0.05) is 23.7 Å². The second-order valence-electron chi connectivity index (χ2n) is 6.14. The summed E-state index contributed by atoms with van der Waals surface area (Å²) in [6.07, 6.45) is 3.60. The summed E-state index contributed by atoms with van der Waals surface area (Å²) in [6, 6.07) is 4.08. The molecule has 11 heteroatoms. The third kappa shape index (κ3) is 4.33. The molecule has 150 valence electrons. The predicted molar refractivity (Wildman–Crippen MR) is 105 cm³/mol. The molecule has 0 fully saturated rings. The Kier molecular flexibility index (Phi) is 5.99. The molecular formula is C17H19ClFN5O3S. The smallest absolute Gasteiger partial charge is 0.232 e. The van der Waals surface area contributed by atoms with Crippen LogP contribution in [0.2, 0.25) is 5.02 Å². The molecule has 0 spiro atoms. The molecule has 3 rings (SSSR count). The molecule has 0 saturated heterocycles. The first-order chi connectivity index (χ1) is 13.3. The third-order valence-corrected chi connectivity index (χ3v) is 5.84. The summed E-state index contributed by atoms with van der Waals surface area (Å²) in [5.74, 6) is -0.350. The van der Waals surface area contributed by atoms with Crippen LogP contribution in [0.4, 0.5) is 15.8 Å². The largest absolute Gasteiger partial charge is 0.495 e. The average Bonchev–Trinajstić information content (AvgIpc) is 3.14. The van der Waals surface area contributed by atoms with E-state index in [1.165, 1.54) is 24.3 Å². The number of aromatic nitrogens is 1. The number of hydrogen-bond acceptors (Lipinski definition) is 7. The lowest BCUT2D eigenvalue weighted by atomic mass is 10.1. The Morgan fingerprint density at radius 2 is 2.18 bits per heavy atom. The fraction of sp³-hybridized carbons (Fsp3) is 0.353. The number of ether oxygens (including phenoxy) is 1. The topological polar surface area (TPSA) is 96.2 Å². The van der Waals surface area contributed by atoms with E-state index in [9.17, 15) is 8.42 Å². The molecular weight excluding hydrogens is 409 g/mol. The van der Waals surface area contributed by atoms with E-state index in [-0.39, 0.29) is 28.7 Å². The second-order valence-corrected chi connectivity index (χ2v) is 8.39. The van der Waals surface area contributed by atoms with Crippen LogP contribution >= 0.6 is 11.6 Å². The summed E-state index contributed by atoms with van der Waals surface area (Å²) in [4.78, 5) is 4.08. The molecule has 1 aromatic heterocycles. The van der Waals surface area contributed by atoms with Gasteiger partial charge in [0.2, 0.25) is 10.0 Å². The molecule has 0 aliphatic carbocycles. The zero-order chi connectivity index (χ0) is 20.3. The highest BCUT2D eigenvalue weighted by Crippen LogP contribution is 2.38. The predicted octanol–water partition coefficient (Wildman–Crippen LogP) is 3.96. The fourth-order valence-corrected chi connectivity index (χ4v) is 4.12. The molecule has 1 aliphatic heterocycles. The molecule has 2 aromatic rings. The van der Waals surface area contributed by atoms with Crippen LogP contribution in [-0.2, 0) is 10.0 Å². The van der Waals surface area contributed by atoms with Gasteiger partial charge in [0.1, 0.15) is 17.5 Å². The maximum absolute atomic E-state index is 15.0. The van der Waals surface area contributed by atoms with Crippen LogP contribution in [-0.4, -0.2) is 32.8 Å². The Morgan fingerprint density at radius 1 is 1.39 bits per heavy atom. The summed E-state index contributed by atoms with van der Waals surface area (Å²) in [5.41, 5.74) is 0.525. The summed E-state index contributed by atoms with van der Waals surface area (Å²) in [7, 11) is -2.12. The highest BCUT2D eigenvalue weighted by atomic mass is 35.5. The van der Waals surface area contributed by atoms with Crippen molar-refractivity contribution in [3.05, 3.63) is 47.0 Å². The van der Waals surface area contributed by atoms with Gasteiger partial charge in [-0.25, -0.2) is 17.8 Å². The monoisotopic (exact) mass is 427 g/mol. The van der Waals surface area contributed by atoms with E-state index in [4.69, 9.17) is 16.3 Å². The Hall–Kier alpha value is -2.46. The molecule has 28 heavy (non-hydrogen) atoms. The third-order valence-electron chi connectivity index (χ3n) is 4.06. The SMILES string of the molecule is CCCS(=O)(=O)Nc1ccc(Cl)c(N2CC(c3cncc(OC)c3)N=N2)c1F. The summed E-state index contributed by atoms with van der Waals surface area (Å²) >= 11 is 6.16. The van der Waals surface area contributed by atoms with Crippen molar-refractivity contribution < 1.29 is 17.5 Å². The first-order valence-electron chi connectivity index (χ1n) is 8.50. The molecule has 0 saturated carbocycles. The summed E-state index contributed by atoms with van der Waals surface area (Å²) in [5, 5.41) is 9.55. The Balaban J connectivity index is 1.86. The average molecular weight is 428 g/mol. The van der Waals surface area contributed by atoms with Crippen molar-refractivity contribution in [1.29, 1.82) is 0 Å². The number of anilines is 2. The van der Waals surface area contributed by atoms with Crippen molar-refractivity contribution in [2.45, 2.75) is 19.4 Å². The number of pyridine rings is 1. The maximum atomic E-state index is 15.0. The molecule has 1 N–H and O–H groups in total. The van der Waals surface area contributed by atoms with E-state index in [2.05, 4.69) is 20.0 Å². The van der Waals surface area contributed by atoms with Gasteiger partial charge in [-0.05, 0) is 24.6 Å². The number of benzene rings is 1. The first kappa shape index (κ1) is 20.3. The van der Waals surface area contributed by atoms with Gasteiger partial charge in [0.25, 0.3) is 0 Å². The molecule has 2 heterocycles. The van der Waals surface area contributed by atoms with Crippen LogP contribution in [0.5, 0.6) is 5.75 Å². The summed E-state index contributed by atoms with van der Waals surface area (Å²) in [6.45, 7) is 1.94. The number of nitrogens with one attached hydrogen (secondary N) is 1. The molecule has 1 atom stereocenters. The molecule has 0 bridgehead atoms. The molecule has 1 aliphatic rings. The van der Waals surface area contributed by atoms with Crippen LogP contribution in [0.25, 0.3) is 0 Å². The minimum absolute atomic E-state index is 0.0412. The fourth-order valence-electron chi connectivity index (χ4n) is 2.74. The van der Waals surface area contributed by atoms with Gasteiger partial charge in [0, 0.05) is 11.8 Å². The minimum Gasteiger partial charge on any atom is -0.495 e. The molecule has 1 aromatic carbocycles. The number of methoxy groups -OCH3 is 1. The number of rotatable bonds is 7. The molecule has 0 radical (unpaired) electrons. The quantitative estimate of drug-likeness (QED) is 0.721. The van der Waals surface area contributed by atoms with Crippen LogP contribution < -0.4 is 14.5 Å². The van der Waals surface area contributed by atoms with E-state index in [1.807, 2.05) is 0 Å². The van der Waals surface area contributed by atoms with Gasteiger partial charge in [-0.15, -0.1) is 0 Å². The maximum Gasteiger partial charge on any atom is 0.232 e. The van der Waals surface area contributed by atoms with Crippen molar-refractivity contribution in [2.75, 3.05) is 29.1 Å². The van der Waals surface area contributed by atoms with Gasteiger partial charge in [-0.2, -0.15) is 5.11 Å². The van der Waals surface area contributed by atoms with Gasteiger partial charge in [0.05, 0.1) is 36.3 Å². The zero-order valence-corrected chi connectivity index (χ0v) is 16.8. The van der Waals surface area contributed by atoms with E-state index < -0.39 is 21.9 Å². The lowest BCUT2D eigenvalue weighted by Crippen LogP contribution is -2.21. The minimum atomic E-state index is -3.65. The van der Waals surface area contributed by atoms with E-state index >= 15 is 4.39 Å². The lowest BCUT2D eigenvalue weighted by molar-refractivity contribution is 0.412. The van der Waals surface area contributed by atoms with Gasteiger partial charge in [-0.3, -0.25) is 9.71 Å². The van der Waals surface area contributed by atoms with Crippen molar-refractivity contribution >= 4 is 33.0 Å². The van der Waals surface area contributed by atoms with Gasteiger partial charge in [0.15, 0.2) is 5.82 Å². The molecule has 0 amide bonds. The Labute approximate surface area is 167 Å². The highest BCUT2D eigenvalue weighted by Gasteiger charge is 2.28. The Bertz CT molecular complexity index is 1000. The van der Waals surface area contributed by atoms with Crippen molar-refractivity contribution in [3.8, 4) is 5.75 Å². The van der Waals surface area contributed by atoms with Gasteiger partial charge < -0.3 is 4.74 Å². The lowest BCUT2D eigenvalue weighted by Gasteiger charge is -2.18. The zero-order valence-electron chi connectivity index (χ0n) is 15.3. The molecule has 1 unspecified atom stereocenters. The van der Waals surface area contributed by atoms with E-state index in [1.54, 1.807) is 25.4 Å². The number of nitrogens with zero attached hydrogens (tertiary/aromatic N) is 4. The second kappa shape index (κ2) is 8.27. The van der Waals surface area contributed by atoms with Crippen LogP contribution in [0.3, 0.4) is 0 Å². The van der Waals surface area contributed by atoms with Crippen molar-refractivity contribution in [2.24, 2.45) is 10.3 Å². The number of hydrogen-bond donors (Lipinski definition) is 1. The van der Waals surface area contributed by atoms with Crippen LogP contribution in [0.1, 0.15) is 24.9 Å². The van der Waals surface area contributed by atoms with E-state index in [0.29, 0.717) is 12.2 Å². The van der Waals surface area contributed by atoms with Crippen molar-refractivity contribution in [1.82, 2.24) is 4.98 Å². The number of halogens is 2.